The lowest BCUT2D eigenvalue weighted by Crippen LogP contribution is -2.06. The van der Waals surface area contributed by atoms with Crippen LogP contribution < -0.4 is 5.73 Å². The van der Waals surface area contributed by atoms with Crippen LogP contribution >= 0.6 is 39.3 Å². The number of hydrogen-bond donors (Lipinski definition) is 1. The van der Waals surface area contributed by atoms with Gasteiger partial charge in [-0.2, -0.15) is 10.5 Å². The first-order chi connectivity index (χ1) is 13.9. The fourth-order valence-corrected chi connectivity index (χ4v) is 3.94. The van der Waals surface area contributed by atoms with E-state index in [0.29, 0.717) is 26.7 Å². The summed E-state index contributed by atoms with van der Waals surface area (Å²) >= 11 is 10.3. The van der Waals surface area contributed by atoms with Crippen LogP contribution in [0.4, 0.5) is 5.82 Å². The lowest BCUT2D eigenvalue weighted by molar-refractivity contribution is 0.102. The van der Waals surface area contributed by atoms with Crippen LogP contribution in [-0.4, -0.2) is 16.5 Å². The molecule has 1 heterocycles. The Morgan fingerprint density at radius 2 is 1.69 bits per heavy atom. The second-order valence-electron chi connectivity index (χ2n) is 5.88. The SMILES string of the molecule is N#Cc1c(N)nc(SCC(=O)c2ccc(Cl)cc2)c(C#N)c1-c1ccc(Br)cc1. The molecule has 1 aromatic heterocycles. The van der Waals surface area contributed by atoms with Gasteiger partial charge in [-0.1, -0.05) is 51.4 Å². The third-order valence-electron chi connectivity index (χ3n) is 4.05. The van der Waals surface area contributed by atoms with Gasteiger partial charge in [-0.25, -0.2) is 4.98 Å². The van der Waals surface area contributed by atoms with Crippen LogP contribution in [0.5, 0.6) is 0 Å². The molecule has 0 aliphatic rings. The summed E-state index contributed by atoms with van der Waals surface area (Å²) in [5.41, 5.74) is 7.93. The average molecular weight is 484 g/mol. The van der Waals surface area contributed by atoms with Gasteiger partial charge in [0.15, 0.2) is 5.78 Å². The third-order valence-corrected chi connectivity index (χ3v) is 5.81. The van der Waals surface area contributed by atoms with Gasteiger partial charge in [-0.3, -0.25) is 4.79 Å². The van der Waals surface area contributed by atoms with Gasteiger partial charge in [0.25, 0.3) is 0 Å². The fourth-order valence-electron chi connectivity index (χ4n) is 2.66. The number of carbonyl (C=O) groups is 1. The molecule has 2 aromatic carbocycles. The summed E-state index contributed by atoms with van der Waals surface area (Å²) in [5.74, 6) is -0.0506. The number of aromatic nitrogens is 1. The monoisotopic (exact) mass is 482 g/mol. The Bertz CT molecular complexity index is 1170. The number of nitriles is 2. The van der Waals surface area contributed by atoms with Gasteiger partial charge in [0, 0.05) is 20.6 Å². The highest BCUT2D eigenvalue weighted by molar-refractivity contribution is 9.10. The number of halogens is 2. The average Bonchev–Trinajstić information content (AvgIpc) is 2.72. The van der Waals surface area contributed by atoms with E-state index in [0.717, 1.165) is 16.2 Å². The summed E-state index contributed by atoms with van der Waals surface area (Å²) in [5, 5.41) is 20.2. The second kappa shape index (κ2) is 9.11. The van der Waals surface area contributed by atoms with Crippen molar-refractivity contribution in [2.45, 2.75) is 5.03 Å². The van der Waals surface area contributed by atoms with E-state index in [2.05, 4.69) is 27.0 Å². The van der Waals surface area contributed by atoms with Gasteiger partial charge >= 0.3 is 0 Å². The minimum atomic E-state index is -0.134. The van der Waals surface area contributed by atoms with Gasteiger partial charge in [0.2, 0.25) is 0 Å². The van der Waals surface area contributed by atoms with Crippen LogP contribution in [0.15, 0.2) is 58.0 Å². The zero-order chi connectivity index (χ0) is 21.0. The minimum absolute atomic E-state index is 0.0193. The summed E-state index contributed by atoms with van der Waals surface area (Å²) in [4.78, 5) is 16.7. The molecule has 0 bridgehead atoms. The van der Waals surface area contributed by atoms with Crippen LogP contribution in [-0.2, 0) is 0 Å². The lowest BCUT2D eigenvalue weighted by atomic mass is 9.97. The highest BCUT2D eigenvalue weighted by atomic mass is 79.9. The molecule has 8 heteroatoms. The molecule has 142 valence electrons. The lowest BCUT2D eigenvalue weighted by Gasteiger charge is -2.13. The maximum absolute atomic E-state index is 12.5. The van der Waals surface area contributed by atoms with Crippen LogP contribution in [0.1, 0.15) is 21.5 Å². The molecule has 0 radical (unpaired) electrons. The Kier molecular flexibility index (Phi) is 6.56. The molecule has 0 saturated carbocycles. The molecule has 0 atom stereocenters. The third kappa shape index (κ3) is 4.60. The Morgan fingerprint density at radius 1 is 1.07 bits per heavy atom. The van der Waals surface area contributed by atoms with Gasteiger partial charge in [-0.05, 0) is 42.0 Å². The molecule has 29 heavy (non-hydrogen) atoms. The second-order valence-corrected chi connectivity index (χ2v) is 8.19. The molecule has 0 saturated heterocycles. The molecule has 3 rings (SSSR count). The first kappa shape index (κ1) is 20.9. The number of anilines is 1. The first-order valence-electron chi connectivity index (χ1n) is 8.25. The minimum Gasteiger partial charge on any atom is -0.383 e. The van der Waals surface area contributed by atoms with E-state index in [9.17, 15) is 15.3 Å². The summed E-state index contributed by atoms with van der Waals surface area (Å²) < 4.78 is 0.864. The van der Waals surface area contributed by atoms with E-state index in [1.165, 1.54) is 0 Å². The molecule has 5 nitrogen and oxygen atoms in total. The molecule has 0 spiro atoms. The normalized spacial score (nSPS) is 10.2. The predicted octanol–water partition coefficient (Wildman–Crippen LogP) is 5.47. The summed E-state index contributed by atoms with van der Waals surface area (Å²) in [7, 11) is 0. The molecule has 0 amide bonds. The van der Waals surface area contributed by atoms with Gasteiger partial charge < -0.3 is 5.73 Å². The number of carbonyl (C=O) groups excluding carboxylic acids is 1. The summed E-state index contributed by atoms with van der Waals surface area (Å²) in [6.07, 6.45) is 0. The number of nitrogen functional groups attached to an aromatic ring is 1. The molecular weight excluding hydrogens is 472 g/mol. The summed E-state index contributed by atoms with van der Waals surface area (Å²) in [6.45, 7) is 0. The van der Waals surface area contributed by atoms with E-state index < -0.39 is 0 Å². The topological polar surface area (TPSA) is 104 Å². The number of nitrogens with two attached hydrogens (primary N) is 1. The smallest absolute Gasteiger partial charge is 0.173 e. The number of nitrogens with zero attached hydrogens (tertiary/aromatic N) is 3. The zero-order valence-electron chi connectivity index (χ0n) is 14.8. The number of hydrogen-bond acceptors (Lipinski definition) is 6. The van der Waals surface area contributed by atoms with E-state index in [-0.39, 0.29) is 28.5 Å². The fraction of sp³-hybridized carbons (Fsp3) is 0.0476. The zero-order valence-corrected chi connectivity index (χ0v) is 18.0. The Balaban J connectivity index is 2.00. The maximum atomic E-state index is 12.5. The standard InChI is InChI=1S/C21H12BrClN4OS/c22-14-5-1-13(2-6-14)19-16(9-24)20(26)27-21(17(19)10-25)29-11-18(28)12-3-7-15(23)8-4-12/h1-8H,11H2,(H2,26,27). The first-order valence-corrected chi connectivity index (χ1v) is 10.4. The highest BCUT2D eigenvalue weighted by Crippen LogP contribution is 2.36. The molecule has 3 aromatic rings. The van der Waals surface area contributed by atoms with Crippen molar-refractivity contribution in [1.82, 2.24) is 4.98 Å². The molecule has 2 N–H and O–H groups in total. The van der Waals surface area contributed by atoms with Crippen molar-refractivity contribution < 1.29 is 4.79 Å². The van der Waals surface area contributed by atoms with Crippen molar-refractivity contribution in [1.29, 1.82) is 10.5 Å². The maximum Gasteiger partial charge on any atom is 0.173 e. The van der Waals surface area contributed by atoms with Crippen LogP contribution in [0.25, 0.3) is 11.1 Å². The van der Waals surface area contributed by atoms with Crippen molar-refractivity contribution in [2.24, 2.45) is 0 Å². The van der Waals surface area contributed by atoms with Crippen molar-refractivity contribution in [3.05, 3.63) is 74.7 Å². The number of Topliss-reactive ketones (excluding diaryl/α,β-unsaturated/α-hetero) is 1. The molecule has 0 aliphatic heterocycles. The van der Waals surface area contributed by atoms with Gasteiger partial charge in [-0.15, -0.1) is 0 Å². The van der Waals surface area contributed by atoms with E-state index >= 15 is 0 Å². The van der Waals surface area contributed by atoms with Crippen LogP contribution in [0, 0.1) is 22.7 Å². The van der Waals surface area contributed by atoms with Crippen molar-refractivity contribution in [3.63, 3.8) is 0 Å². The largest absolute Gasteiger partial charge is 0.383 e. The molecule has 0 fully saturated rings. The van der Waals surface area contributed by atoms with Crippen molar-refractivity contribution in [2.75, 3.05) is 11.5 Å². The predicted molar refractivity (Wildman–Crippen MR) is 118 cm³/mol. The number of ketones is 1. The summed E-state index contributed by atoms with van der Waals surface area (Å²) in [6, 6.07) is 17.9. The quantitative estimate of drug-likeness (QED) is 0.381. The molecular formula is C21H12BrClN4OS. The number of benzene rings is 2. The van der Waals surface area contributed by atoms with E-state index in [4.69, 9.17) is 17.3 Å². The van der Waals surface area contributed by atoms with Crippen molar-refractivity contribution >= 4 is 50.9 Å². The number of rotatable bonds is 5. The Morgan fingerprint density at radius 3 is 2.28 bits per heavy atom. The Hall–Kier alpha value is -2.84. The number of pyridine rings is 1. The van der Waals surface area contributed by atoms with Gasteiger partial charge in [0.05, 0.1) is 11.3 Å². The van der Waals surface area contributed by atoms with Crippen molar-refractivity contribution in [3.8, 4) is 23.3 Å². The van der Waals surface area contributed by atoms with Crippen LogP contribution in [0.3, 0.4) is 0 Å². The number of thioether (sulfide) groups is 1. The molecule has 0 unspecified atom stereocenters. The van der Waals surface area contributed by atoms with E-state index in [1.807, 2.05) is 18.2 Å². The Labute approximate surface area is 185 Å². The van der Waals surface area contributed by atoms with Gasteiger partial charge in [0.1, 0.15) is 28.5 Å². The highest BCUT2D eigenvalue weighted by Gasteiger charge is 2.21. The van der Waals surface area contributed by atoms with E-state index in [1.54, 1.807) is 36.4 Å². The molecule has 0 aliphatic carbocycles. The van der Waals surface area contributed by atoms with Crippen LogP contribution in [0.2, 0.25) is 5.02 Å².